The Hall–Kier alpha value is -3.83. The molecule has 214 valence electrons. The van der Waals surface area contributed by atoms with Crippen LogP contribution in [0.5, 0.6) is 0 Å². The second-order valence-electron chi connectivity index (χ2n) is 11.2. The van der Waals surface area contributed by atoms with Crippen molar-refractivity contribution in [3.63, 3.8) is 0 Å². The average molecular weight is 561 g/mol. The quantitative estimate of drug-likeness (QED) is 0.254. The lowest BCUT2D eigenvalue weighted by Crippen LogP contribution is -2.26. The van der Waals surface area contributed by atoms with Gasteiger partial charge in [-0.2, -0.15) is 18.2 Å². The summed E-state index contributed by atoms with van der Waals surface area (Å²) in [6, 6.07) is 8.44. The molecule has 1 aromatic carbocycles. The van der Waals surface area contributed by atoms with E-state index < -0.39 is 18.9 Å². The Kier molecular flexibility index (Phi) is 7.36. The Balaban J connectivity index is 1.38. The highest BCUT2D eigenvalue weighted by Gasteiger charge is 2.31. The number of hydrogen-bond donors (Lipinski definition) is 2. The molecule has 12 heteroatoms. The molecule has 0 aliphatic heterocycles. The number of alkyl halides is 4. The molecule has 1 fully saturated rings. The van der Waals surface area contributed by atoms with E-state index in [1.807, 2.05) is 31.5 Å². The zero-order chi connectivity index (χ0) is 28.7. The molecule has 8 nitrogen and oxygen atoms in total. The van der Waals surface area contributed by atoms with E-state index in [1.165, 1.54) is 0 Å². The minimum atomic E-state index is -4.49. The first-order valence-corrected chi connectivity index (χ1v) is 13.3. The van der Waals surface area contributed by atoms with Gasteiger partial charge in [0.25, 0.3) is 5.91 Å². The molecule has 0 unspecified atom stereocenters. The summed E-state index contributed by atoms with van der Waals surface area (Å²) in [4.78, 5) is 16.9. The van der Waals surface area contributed by atoms with Crippen LogP contribution in [0.25, 0.3) is 22.4 Å². The van der Waals surface area contributed by atoms with Crippen LogP contribution in [0, 0.1) is 0 Å². The van der Waals surface area contributed by atoms with Gasteiger partial charge >= 0.3 is 6.18 Å². The second kappa shape index (κ2) is 10.6. The van der Waals surface area contributed by atoms with Gasteiger partial charge in [-0.25, -0.2) is 4.39 Å². The van der Waals surface area contributed by atoms with Crippen molar-refractivity contribution in [2.24, 2.45) is 0 Å². The molecule has 3 aromatic heterocycles. The van der Waals surface area contributed by atoms with Crippen LogP contribution in [0.4, 0.5) is 23.2 Å². The van der Waals surface area contributed by atoms with E-state index in [0.717, 1.165) is 4.57 Å². The molecule has 0 radical (unpaired) electrons. The molecular formula is C28H32F4N6O2. The van der Waals surface area contributed by atoms with Gasteiger partial charge in [-0.3, -0.25) is 4.79 Å². The lowest BCUT2D eigenvalue weighted by molar-refractivity contribution is -0.139. The maximum atomic E-state index is 13.6. The van der Waals surface area contributed by atoms with Crippen LogP contribution < -0.4 is 10.6 Å². The summed E-state index contributed by atoms with van der Waals surface area (Å²) >= 11 is 0. The van der Waals surface area contributed by atoms with Crippen LogP contribution in [0.15, 0.2) is 47.2 Å². The topological polar surface area (TPSA) is 89.9 Å². The zero-order valence-corrected chi connectivity index (χ0v) is 22.6. The van der Waals surface area contributed by atoms with Crippen molar-refractivity contribution in [3.8, 4) is 11.5 Å². The van der Waals surface area contributed by atoms with Gasteiger partial charge in [-0.15, -0.1) is 0 Å². The molecule has 1 aliphatic carbocycles. The van der Waals surface area contributed by atoms with Gasteiger partial charge in [0.1, 0.15) is 12.7 Å². The Morgan fingerprint density at radius 3 is 2.55 bits per heavy atom. The van der Waals surface area contributed by atoms with Crippen LogP contribution >= 0.6 is 0 Å². The van der Waals surface area contributed by atoms with E-state index in [1.54, 1.807) is 36.5 Å². The number of rotatable bonds is 7. The SMILES string of the molecule is CC(C)(C)n1ccc(C(=O)NCc2nc(-c3cc4c(NC5CCC(F)CC5)cccc4n3CC(F)(F)F)no2)c1. The van der Waals surface area contributed by atoms with Crippen molar-refractivity contribution in [2.45, 2.75) is 83.5 Å². The van der Waals surface area contributed by atoms with Crippen molar-refractivity contribution in [1.29, 1.82) is 0 Å². The number of halogens is 4. The van der Waals surface area contributed by atoms with Gasteiger partial charge in [-0.05, 0) is 70.7 Å². The zero-order valence-electron chi connectivity index (χ0n) is 22.6. The van der Waals surface area contributed by atoms with Gasteiger partial charge in [-0.1, -0.05) is 11.2 Å². The van der Waals surface area contributed by atoms with Crippen LogP contribution in [0.2, 0.25) is 0 Å². The van der Waals surface area contributed by atoms with E-state index in [4.69, 9.17) is 4.52 Å². The highest BCUT2D eigenvalue weighted by atomic mass is 19.4. The third-order valence-corrected chi connectivity index (χ3v) is 7.13. The Morgan fingerprint density at radius 2 is 1.88 bits per heavy atom. The van der Waals surface area contributed by atoms with Crippen molar-refractivity contribution in [2.75, 3.05) is 5.32 Å². The molecule has 2 N–H and O–H groups in total. The van der Waals surface area contributed by atoms with Gasteiger partial charge in [0.05, 0.1) is 23.3 Å². The van der Waals surface area contributed by atoms with Crippen LogP contribution in [0.3, 0.4) is 0 Å². The number of nitrogens with zero attached hydrogens (tertiary/aromatic N) is 4. The molecule has 40 heavy (non-hydrogen) atoms. The number of amides is 1. The maximum Gasteiger partial charge on any atom is 0.406 e. The van der Waals surface area contributed by atoms with Crippen LogP contribution in [-0.2, 0) is 18.6 Å². The minimum Gasteiger partial charge on any atom is -0.382 e. The third-order valence-electron chi connectivity index (χ3n) is 7.13. The number of fused-ring (bicyclic) bond motifs is 1. The van der Waals surface area contributed by atoms with Gasteiger partial charge in [0.2, 0.25) is 11.7 Å². The van der Waals surface area contributed by atoms with Crippen LogP contribution in [-0.4, -0.2) is 43.6 Å². The van der Waals surface area contributed by atoms with Crippen molar-refractivity contribution in [3.05, 3.63) is 54.2 Å². The summed E-state index contributed by atoms with van der Waals surface area (Å²) in [5.41, 5.74) is 1.44. The first kappa shape index (κ1) is 27.7. The van der Waals surface area contributed by atoms with Crippen LogP contribution in [0.1, 0.15) is 62.7 Å². The highest BCUT2D eigenvalue weighted by molar-refractivity contribution is 5.96. The lowest BCUT2D eigenvalue weighted by atomic mass is 9.93. The fourth-order valence-electron chi connectivity index (χ4n) is 5.00. The van der Waals surface area contributed by atoms with Gasteiger partial charge in [0.15, 0.2) is 0 Å². The molecule has 5 rings (SSSR count). The summed E-state index contributed by atoms with van der Waals surface area (Å²) in [6.45, 7) is 4.72. The Bertz CT molecular complexity index is 1490. The fraction of sp³-hybridized carbons (Fsp3) is 0.464. The highest BCUT2D eigenvalue weighted by Crippen LogP contribution is 2.35. The van der Waals surface area contributed by atoms with E-state index in [2.05, 4.69) is 20.8 Å². The monoisotopic (exact) mass is 560 g/mol. The van der Waals surface area contributed by atoms with E-state index in [-0.39, 0.29) is 41.4 Å². The van der Waals surface area contributed by atoms with E-state index >= 15 is 0 Å². The molecule has 0 bridgehead atoms. The smallest absolute Gasteiger partial charge is 0.382 e. The molecule has 1 aliphatic rings. The number of hydrogen-bond acceptors (Lipinski definition) is 5. The fourth-order valence-corrected chi connectivity index (χ4v) is 5.00. The predicted molar refractivity (Wildman–Crippen MR) is 143 cm³/mol. The maximum absolute atomic E-state index is 13.6. The number of nitrogens with one attached hydrogen (secondary N) is 2. The average Bonchev–Trinajstić information content (AvgIpc) is 3.62. The Morgan fingerprint density at radius 1 is 1.12 bits per heavy atom. The van der Waals surface area contributed by atoms with Gasteiger partial charge < -0.3 is 24.3 Å². The summed E-state index contributed by atoms with van der Waals surface area (Å²) < 4.78 is 62.8. The molecule has 1 amide bonds. The first-order valence-electron chi connectivity index (χ1n) is 13.3. The number of carbonyl (C=O) groups is 1. The number of anilines is 1. The standard InChI is InChI=1S/C28H32F4N6O2/c1-27(2,3)37-12-11-17(15-37)26(39)33-14-24-35-25(36-40-24)23-13-20-21(34-19-9-7-18(29)8-10-19)5-4-6-22(20)38(23)16-28(30,31)32/h4-6,11-13,15,18-19,34H,7-10,14,16H2,1-3H3,(H,33,39). The van der Waals surface area contributed by atoms with Crippen molar-refractivity contribution in [1.82, 2.24) is 24.6 Å². The molecular weight excluding hydrogens is 528 g/mol. The number of carbonyl (C=O) groups excluding carboxylic acids is 1. The lowest BCUT2D eigenvalue weighted by Gasteiger charge is -2.26. The van der Waals surface area contributed by atoms with E-state index in [9.17, 15) is 22.4 Å². The largest absolute Gasteiger partial charge is 0.406 e. The van der Waals surface area contributed by atoms with E-state index in [0.29, 0.717) is 47.8 Å². The molecule has 4 aromatic rings. The summed E-state index contributed by atoms with van der Waals surface area (Å²) in [6.07, 6.45) is 0.455. The summed E-state index contributed by atoms with van der Waals surface area (Å²) in [5, 5.41) is 10.6. The normalized spacial score (nSPS) is 18.3. The third kappa shape index (κ3) is 6.15. The Labute approximate surface area is 228 Å². The summed E-state index contributed by atoms with van der Waals surface area (Å²) in [5.74, 6) is -0.303. The number of aromatic nitrogens is 4. The van der Waals surface area contributed by atoms with Gasteiger partial charge in [0, 0.05) is 35.0 Å². The minimum absolute atomic E-state index is 0.0209. The molecule has 0 atom stereocenters. The number of benzene rings is 1. The second-order valence-corrected chi connectivity index (χ2v) is 11.2. The van der Waals surface area contributed by atoms with Crippen molar-refractivity contribution < 1.29 is 26.9 Å². The molecule has 1 saturated carbocycles. The van der Waals surface area contributed by atoms with Crippen molar-refractivity contribution >= 4 is 22.5 Å². The predicted octanol–water partition coefficient (Wildman–Crippen LogP) is 6.43. The molecule has 0 saturated heterocycles. The summed E-state index contributed by atoms with van der Waals surface area (Å²) in [7, 11) is 0. The molecule has 3 heterocycles. The molecule has 0 spiro atoms. The first-order chi connectivity index (χ1) is 18.9.